The molecule has 2 rings (SSSR count). The van der Waals surface area contributed by atoms with Gasteiger partial charge < -0.3 is 0 Å². The average molecular weight is 423 g/mol. The van der Waals surface area contributed by atoms with Gasteiger partial charge in [0.1, 0.15) is 0 Å². The Hall–Kier alpha value is 0.290. The highest BCUT2D eigenvalue weighted by molar-refractivity contribution is 9.12. The highest BCUT2D eigenvalue weighted by Gasteiger charge is 2.25. The molecule has 1 heterocycles. The van der Waals surface area contributed by atoms with Gasteiger partial charge in [-0.3, -0.25) is 9.69 Å². The van der Waals surface area contributed by atoms with Gasteiger partial charge in [0, 0.05) is 11.6 Å². The van der Waals surface area contributed by atoms with Gasteiger partial charge in [-0.15, -0.1) is 11.3 Å². The lowest BCUT2D eigenvalue weighted by atomic mass is 9.84. The molecule has 112 valence electrons. The molecular weight excluding hydrogens is 402 g/mol. The van der Waals surface area contributed by atoms with E-state index in [1.54, 1.807) is 11.3 Å². The van der Waals surface area contributed by atoms with Crippen LogP contribution < -0.4 is 0 Å². The minimum absolute atomic E-state index is 0.207. The molecule has 0 unspecified atom stereocenters. The summed E-state index contributed by atoms with van der Waals surface area (Å²) in [6.45, 7) is 2.80. The largest absolute Gasteiger partial charge is 0.296 e. The van der Waals surface area contributed by atoms with Crippen molar-refractivity contribution in [2.24, 2.45) is 5.92 Å². The number of carbonyl (C=O) groups excluding carboxylic acids is 1. The quantitative estimate of drug-likeness (QED) is 0.595. The van der Waals surface area contributed by atoms with Crippen molar-refractivity contribution < 1.29 is 4.79 Å². The molecule has 0 aromatic carbocycles. The Morgan fingerprint density at radius 3 is 2.50 bits per heavy atom. The summed E-state index contributed by atoms with van der Waals surface area (Å²) in [5.74, 6) is 1.11. The fourth-order valence-electron chi connectivity index (χ4n) is 2.97. The maximum Gasteiger partial charge on any atom is 0.178 e. The van der Waals surface area contributed by atoms with Crippen molar-refractivity contribution in [1.82, 2.24) is 4.90 Å². The lowest BCUT2D eigenvalue weighted by Crippen LogP contribution is -2.38. The van der Waals surface area contributed by atoms with Crippen LogP contribution in [0.1, 0.15) is 49.4 Å². The smallest absolute Gasteiger partial charge is 0.178 e. The molecule has 2 nitrogen and oxygen atoms in total. The molecule has 1 aliphatic carbocycles. The van der Waals surface area contributed by atoms with Gasteiger partial charge in [-0.25, -0.2) is 0 Å². The van der Waals surface area contributed by atoms with E-state index < -0.39 is 0 Å². The van der Waals surface area contributed by atoms with E-state index in [9.17, 15) is 4.79 Å². The van der Waals surface area contributed by atoms with E-state index in [0.29, 0.717) is 12.6 Å². The van der Waals surface area contributed by atoms with Gasteiger partial charge in [0.15, 0.2) is 5.78 Å². The molecule has 0 atom stereocenters. The van der Waals surface area contributed by atoms with Crippen molar-refractivity contribution in [2.75, 3.05) is 13.6 Å². The monoisotopic (exact) mass is 421 g/mol. The number of carbonyl (C=O) groups is 1. The molecule has 0 spiro atoms. The standard InChI is InChI=1S/C15H21Br2NOS/c1-3-10-4-6-11(7-5-10)18(2)9-13(19)12-8-14(16)20-15(12)17/h8,10-11H,3-7,9H2,1-2H3. The van der Waals surface area contributed by atoms with E-state index in [-0.39, 0.29) is 5.78 Å². The summed E-state index contributed by atoms with van der Waals surface area (Å²) in [7, 11) is 2.09. The predicted molar refractivity (Wildman–Crippen MR) is 92.7 cm³/mol. The number of hydrogen-bond acceptors (Lipinski definition) is 3. The fourth-order valence-corrected chi connectivity index (χ4v) is 5.82. The number of nitrogens with zero attached hydrogens (tertiary/aromatic N) is 1. The zero-order chi connectivity index (χ0) is 14.7. The maximum absolute atomic E-state index is 12.4. The fraction of sp³-hybridized carbons (Fsp3) is 0.667. The Balaban J connectivity index is 1.90. The number of likely N-dealkylation sites (N-methyl/N-ethyl adjacent to an activating group) is 1. The van der Waals surface area contributed by atoms with E-state index in [4.69, 9.17) is 0 Å². The number of Topliss-reactive ketones (excluding diaryl/α,β-unsaturated/α-hetero) is 1. The molecule has 1 saturated carbocycles. The molecule has 5 heteroatoms. The Bertz CT molecular complexity index is 466. The number of thiophene rings is 1. The molecule has 0 aliphatic heterocycles. The summed E-state index contributed by atoms with van der Waals surface area (Å²) in [6.07, 6.45) is 6.39. The summed E-state index contributed by atoms with van der Waals surface area (Å²) >= 11 is 8.46. The SMILES string of the molecule is CCC1CCC(N(C)CC(=O)c2cc(Br)sc2Br)CC1. The van der Waals surface area contributed by atoms with Crippen LogP contribution in [0, 0.1) is 5.92 Å². The van der Waals surface area contributed by atoms with Crippen LogP contribution in [-0.2, 0) is 0 Å². The molecule has 0 saturated heterocycles. The van der Waals surface area contributed by atoms with Crippen molar-refractivity contribution in [3.63, 3.8) is 0 Å². The zero-order valence-corrected chi connectivity index (χ0v) is 16.0. The summed E-state index contributed by atoms with van der Waals surface area (Å²) < 4.78 is 1.93. The van der Waals surface area contributed by atoms with Crippen LogP contribution in [0.25, 0.3) is 0 Å². The van der Waals surface area contributed by atoms with Crippen LogP contribution in [0.4, 0.5) is 0 Å². The molecule has 0 radical (unpaired) electrons. The highest BCUT2D eigenvalue weighted by atomic mass is 79.9. The summed E-state index contributed by atoms with van der Waals surface area (Å²) in [5.41, 5.74) is 0.802. The molecule has 20 heavy (non-hydrogen) atoms. The number of hydrogen-bond donors (Lipinski definition) is 0. The Morgan fingerprint density at radius 2 is 2.00 bits per heavy atom. The third-order valence-corrected chi connectivity index (χ3v) is 6.71. The second-order valence-electron chi connectivity index (χ2n) is 5.66. The third-order valence-electron chi connectivity index (χ3n) is 4.37. The minimum Gasteiger partial charge on any atom is -0.296 e. The highest BCUT2D eigenvalue weighted by Crippen LogP contribution is 2.33. The van der Waals surface area contributed by atoms with Crippen molar-refractivity contribution in [3.05, 3.63) is 19.2 Å². The summed E-state index contributed by atoms with van der Waals surface area (Å²) in [4.78, 5) is 14.6. The molecule has 1 aromatic heterocycles. The Kier molecular flexibility index (Phi) is 6.26. The molecule has 0 amide bonds. The molecule has 1 aliphatic rings. The Morgan fingerprint density at radius 1 is 1.35 bits per heavy atom. The van der Waals surface area contributed by atoms with E-state index in [1.807, 2.05) is 6.07 Å². The maximum atomic E-state index is 12.4. The van der Waals surface area contributed by atoms with Gasteiger partial charge >= 0.3 is 0 Å². The van der Waals surface area contributed by atoms with Crippen LogP contribution in [0.2, 0.25) is 0 Å². The molecule has 1 aromatic rings. The first-order chi connectivity index (χ1) is 9.51. The second-order valence-corrected chi connectivity index (χ2v) is 9.41. The molecule has 0 bridgehead atoms. The van der Waals surface area contributed by atoms with Gasteiger partial charge in [0.25, 0.3) is 0 Å². The lowest BCUT2D eigenvalue weighted by molar-refractivity contribution is 0.0884. The zero-order valence-electron chi connectivity index (χ0n) is 12.0. The normalized spacial score (nSPS) is 23.2. The molecular formula is C15H21Br2NOS. The van der Waals surface area contributed by atoms with E-state index in [0.717, 1.165) is 19.1 Å². The van der Waals surface area contributed by atoms with Crippen molar-refractivity contribution in [1.29, 1.82) is 0 Å². The number of ketones is 1. The van der Waals surface area contributed by atoms with Crippen LogP contribution in [0.3, 0.4) is 0 Å². The van der Waals surface area contributed by atoms with Gasteiger partial charge in [-0.1, -0.05) is 13.3 Å². The molecule has 1 fully saturated rings. The summed E-state index contributed by atoms with van der Waals surface area (Å²) in [6, 6.07) is 2.49. The first-order valence-electron chi connectivity index (χ1n) is 7.19. The first-order valence-corrected chi connectivity index (χ1v) is 9.59. The van der Waals surface area contributed by atoms with E-state index in [2.05, 4.69) is 50.7 Å². The minimum atomic E-state index is 0.207. The van der Waals surface area contributed by atoms with Crippen LogP contribution in [0.5, 0.6) is 0 Å². The van der Waals surface area contributed by atoms with E-state index >= 15 is 0 Å². The van der Waals surface area contributed by atoms with Gasteiger partial charge in [0.05, 0.1) is 14.1 Å². The van der Waals surface area contributed by atoms with Gasteiger partial charge in [-0.2, -0.15) is 0 Å². The van der Waals surface area contributed by atoms with Gasteiger partial charge in [-0.05, 0) is 76.6 Å². The van der Waals surface area contributed by atoms with Crippen molar-refractivity contribution in [3.8, 4) is 0 Å². The predicted octanol–water partition coefficient (Wildman–Crippen LogP) is 5.36. The number of halogens is 2. The first kappa shape index (κ1) is 16.7. The average Bonchev–Trinajstić information content (AvgIpc) is 2.78. The van der Waals surface area contributed by atoms with Crippen molar-refractivity contribution in [2.45, 2.75) is 45.1 Å². The topological polar surface area (TPSA) is 20.3 Å². The third kappa shape index (κ3) is 4.15. The molecule has 0 N–H and O–H groups in total. The van der Waals surface area contributed by atoms with Crippen molar-refractivity contribution >= 4 is 49.0 Å². The lowest BCUT2D eigenvalue weighted by Gasteiger charge is -2.34. The van der Waals surface area contributed by atoms with Gasteiger partial charge in [0.2, 0.25) is 0 Å². The van der Waals surface area contributed by atoms with E-state index in [1.165, 1.54) is 32.1 Å². The second kappa shape index (κ2) is 7.52. The Labute approximate surface area is 142 Å². The van der Waals surface area contributed by atoms with Crippen LogP contribution in [-0.4, -0.2) is 30.3 Å². The number of rotatable bonds is 5. The van der Waals surface area contributed by atoms with Crippen LogP contribution in [0.15, 0.2) is 13.6 Å². The summed E-state index contributed by atoms with van der Waals surface area (Å²) in [5, 5.41) is 0. The van der Waals surface area contributed by atoms with Crippen LogP contribution >= 0.6 is 43.2 Å².